The molecule has 6 heteroatoms. The Bertz CT molecular complexity index is 311. The van der Waals surface area contributed by atoms with Crippen LogP contribution in [0.1, 0.15) is 12.6 Å². The molecular formula is C8H13N3O2S. The van der Waals surface area contributed by atoms with Crippen LogP contribution in [0, 0.1) is 0 Å². The maximum absolute atomic E-state index is 10.4. The number of aromatic nitrogens is 1. The zero-order valence-electron chi connectivity index (χ0n) is 7.86. The van der Waals surface area contributed by atoms with Crippen LogP contribution in [0.15, 0.2) is 5.38 Å². The summed E-state index contributed by atoms with van der Waals surface area (Å²) in [5.74, 6) is -0.867. The largest absolute Gasteiger partial charge is 0.481 e. The predicted molar refractivity (Wildman–Crippen MR) is 55.6 cm³/mol. The Morgan fingerprint density at radius 1 is 1.86 bits per heavy atom. The van der Waals surface area contributed by atoms with Gasteiger partial charge in [-0.3, -0.25) is 4.79 Å². The van der Waals surface area contributed by atoms with Crippen LogP contribution in [-0.4, -0.2) is 28.6 Å². The SMILES string of the molecule is CC(N)CNc1nc(CC(=O)O)cs1. The van der Waals surface area contributed by atoms with Crippen molar-refractivity contribution in [1.82, 2.24) is 4.98 Å². The molecule has 1 rings (SSSR count). The molecule has 78 valence electrons. The maximum Gasteiger partial charge on any atom is 0.309 e. The Hall–Kier alpha value is -1.14. The number of carbonyl (C=O) groups is 1. The summed E-state index contributed by atoms with van der Waals surface area (Å²) in [5.41, 5.74) is 6.13. The highest BCUT2D eigenvalue weighted by atomic mass is 32.1. The lowest BCUT2D eigenvalue weighted by molar-refractivity contribution is -0.136. The number of aliphatic carboxylic acids is 1. The molecule has 0 radical (unpaired) electrons. The molecule has 0 aliphatic carbocycles. The van der Waals surface area contributed by atoms with Gasteiger partial charge in [0.05, 0.1) is 12.1 Å². The highest BCUT2D eigenvalue weighted by Gasteiger charge is 2.05. The fourth-order valence-electron chi connectivity index (χ4n) is 0.873. The smallest absolute Gasteiger partial charge is 0.309 e. The summed E-state index contributed by atoms with van der Waals surface area (Å²) in [6.45, 7) is 2.53. The van der Waals surface area contributed by atoms with E-state index in [0.717, 1.165) is 5.13 Å². The first-order valence-corrected chi connectivity index (χ1v) is 5.11. The van der Waals surface area contributed by atoms with Crippen molar-refractivity contribution in [1.29, 1.82) is 0 Å². The van der Waals surface area contributed by atoms with Crippen molar-refractivity contribution in [2.75, 3.05) is 11.9 Å². The van der Waals surface area contributed by atoms with E-state index >= 15 is 0 Å². The average molecular weight is 215 g/mol. The molecule has 1 aromatic rings. The zero-order chi connectivity index (χ0) is 10.6. The molecule has 0 saturated carbocycles. The van der Waals surface area contributed by atoms with Gasteiger partial charge in [-0.25, -0.2) is 4.98 Å². The molecule has 0 amide bonds. The predicted octanol–water partition coefficient (Wildman–Crippen LogP) is 0.529. The molecule has 1 aromatic heterocycles. The van der Waals surface area contributed by atoms with E-state index in [1.54, 1.807) is 5.38 Å². The van der Waals surface area contributed by atoms with Gasteiger partial charge in [0.2, 0.25) is 0 Å². The first-order chi connectivity index (χ1) is 6.58. The van der Waals surface area contributed by atoms with E-state index in [2.05, 4.69) is 10.3 Å². The monoisotopic (exact) mass is 215 g/mol. The third-order valence-electron chi connectivity index (χ3n) is 1.46. The van der Waals surface area contributed by atoms with E-state index < -0.39 is 5.97 Å². The van der Waals surface area contributed by atoms with Crippen LogP contribution in [-0.2, 0) is 11.2 Å². The van der Waals surface area contributed by atoms with E-state index in [1.165, 1.54) is 11.3 Å². The van der Waals surface area contributed by atoms with Crippen LogP contribution in [0.25, 0.3) is 0 Å². The lowest BCUT2D eigenvalue weighted by Gasteiger charge is -2.04. The molecule has 0 aromatic carbocycles. The second kappa shape index (κ2) is 4.92. The lowest BCUT2D eigenvalue weighted by Crippen LogP contribution is -2.25. The van der Waals surface area contributed by atoms with Crippen LogP contribution in [0.2, 0.25) is 0 Å². The van der Waals surface area contributed by atoms with Gasteiger partial charge >= 0.3 is 5.97 Å². The van der Waals surface area contributed by atoms with Crippen LogP contribution in [0.3, 0.4) is 0 Å². The van der Waals surface area contributed by atoms with Gasteiger partial charge in [-0.15, -0.1) is 11.3 Å². The van der Waals surface area contributed by atoms with Crippen LogP contribution >= 0.6 is 11.3 Å². The average Bonchev–Trinajstić information content (AvgIpc) is 2.47. The van der Waals surface area contributed by atoms with Crippen LogP contribution in [0.5, 0.6) is 0 Å². The fraction of sp³-hybridized carbons (Fsp3) is 0.500. The second-order valence-electron chi connectivity index (χ2n) is 3.07. The van der Waals surface area contributed by atoms with Gasteiger partial charge < -0.3 is 16.2 Å². The minimum atomic E-state index is -0.867. The third kappa shape index (κ3) is 3.71. The number of rotatable bonds is 5. The molecule has 14 heavy (non-hydrogen) atoms. The molecule has 1 atom stereocenters. The summed E-state index contributed by atoms with van der Waals surface area (Å²) >= 11 is 1.39. The van der Waals surface area contributed by atoms with E-state index in [-0.39, 0.29) is 12.5 Å². The summed E-state index contributed by atoms with van der Waals surface area (Å²) in [6, 6.07) is 0.0572. The van der Waals surface area contributed by atoms with Crippen molar-refractivity contribution in [3.05, 3.63) is 11.1 Å². The number of thiazole rings is 1. The van der Waals surface area contributed by atoms with Crippen molar-refractivity contribution in [2.45, 2.75) is 19.4 Å². The Labute approximate surface area is 86.0 Å². The summed E-state index contributed by atoms with van der Waals surface area (Å²) in [4.78, 5) is 14.5. The highest BCUT2D eigenvalue weighted by Crippen LogP contribution is 2.15. The number of hydrogen-bond donors (Lipinski definition) is 3. The summed E-state index contributed by atoms with van der Waals surface area (Å²) in [5, 5.41) is 14.0. The number of nitrogens with zero attached hydrogens (tertiary/aromatic N) is 1. The standard InChI is InChI=1S/C8H13N3O2S/c1-5(9)3-10-8-11-6(4-14-8)2-7(12)13/h4-5H,2-3,9H2,1H3,(H,10,11)(H,12,13). The molecular weight excluding hydrogens is 202 g/mol. The van der Waals surface area contributed by atoms with E-state index in [0.29, 0.717) is 12.2 Å². The van der Waals surface area contributed by atoms with Crippen molar-refractivity contribution >= 4 is 22.4 Å². The molecule has 0 spiro atoms. The minimum Gasteiger partial charge on any atom is -0.481 e. The molecule has 0 fully saturated rings. The Morgan fingerprint density at radius 2 is 2.57 bits per heavy atom. The Balaban J connectivity index is 2.46. The second-order valence-corrected chi connectivity index (χ2v) is 3.93. The van der Waals surface area contributed by atoms with Gasteiger partial charge in [0.1, 0.15) is 0 Å². The van der Waals surface area contributed by atoms with Gasteiger partial charge in [-0.05, 0) is 6.92 Å². The van der Waals surface area contributed by atoms with Crippen molar-refractivity contribution in [3.8, 4) is 0 Å². The summed E-state index contributed by atoms with van der Waals surface area (Å²) in [6.07, 6.45) is -0.0314. The van der Waals surface area contributed by atoms with Crippen molar-refractivity contribution in [2.24, 2.45) is 5.73 Å². The quantitative estimate of drug-likeness (QED) is 0.666. The number of carboxylic acids is 1. The molecule has 1 unspecified atom stereocenters. The Morgan fingerprint density at radius 3 is 3.14 bits per heavy atom. The molecule has 4 N–H and O–H groups in total. The van der Waals surface area contributed by atoms with E-state index in [9.17, 15) is 4.79 Å². The van der Waals surface area contributed by atoms with Crippen molar-refractivity contribution in [3.63, 3.8) is 0 Å². The number of nitrogens with one attached hydrogen (secondary N) is 1. The van der Waals surface area contributed by atoms with Crippen LogP contribution in [0.4, 0.5) is 5.13 Å². The molecule has 0 aliphatic rings. The van der Waals surface area contributed by atoms with Gasteiger partial charge in [0.25, 0.3) is 0 Å². The number of anilines is 1. The molecule has 1 heterocycles. The van der Waals surface area contributed by atoms with E-state index in [4.69, 9.17) is 10.8 Å². The van der Waals surface area contributed by atoms with Gasteiger partial charge in [-0.2, -0.15) is 0 Å². The summed E-state index contributed by atoms with van der Waals surface area (Å²) in [7, 11) is 0. The number of carboxylic acid groups (broad SMARTS) is 1. The first kappa shape index (κ1) is 10.9. The third-order valence-corrected chi connectivity index (χ3v) is 2.31. The molecule has 0 saturated heterocycles. The molecule has 5 nitrogen and oxygen atoms in total. The summed E-state index contributed by atoms with van der Waals surface area (Å²) < 4.78 is 0. The minimum absolute atomic E-state index is 0.0314. The normalized spacial score (nSPS) is 12.4. The number of nitrogens with two attached hydrogens (primary N) is 1. The van der Waals surface area contributed by atoms with Gasteiger partial charge in [0.15, 0.2) is 5.13 Å². The number of hydrogen-bond acceptors (Lipinski definition) is 5. The zero-order valence-corrected chi connectivity index (χ0v) is 8.67. The maximum atomic E-state index is 10.4. The lowest BCUT2D eigenvalue weighted by atomic mass is 10.3. The van der Waals surface area contributed by atoms with Crippen molar-refractivity contribution < 1.29 is 9.90 Å². The molecule has 0 aliphatic heterocycles. The first-order valence-electron chi connectivity index (χ1n) is 4.23. The molecule has 0 bridgehead atoms. The van der Waals surface area contributed by atoms with E-state index in [1.807, 2.05) is 6.92 Å². The topological polar surface area (TPSA) is 88.2 Å². The van der Waals surface area contributed by atoms with Crippen LogP contribution < -0.4 is 11.1 Å². The van der Waals surface area contributed by atoms with Gasteiger partial charge in [0, 0.05) is 18.0 Å². The highest BCUT2D eigenvalue weighted by molar-refractivity contribution is 7.13. The fourth-order valence-corrected chi connectivity index (χ4v) is 1.59. The Kier molecular flexibility index (Phi) is 3.84. The van der Waals surface area contributed by atoms with Gasteiger partial charge in [-0.1, -0.05) is 0 Å².